The number of nitrogens with one attached hydrogen (secondary N) is 1. The number of rotatable bonds is 4. The van der Waals surface area contributed by atoms with E-state index in [1.54, 1.807) is 11.3 Å². The molecular formula is C18H14BrN3OS2. The number of nitrogens with zero attached hydrogens (tertiary/aromatic N) is 2. The summed E-state index contributed by atoms with van der Waals surface area (Å²) in [6.45, 7) is 2.80. The number of carbonyl (C=O) groups excluding carboxylic acids is 1. The minimum absolute atomic E-state index is 0.123. The molecule has 0 saturated heterocycles. The molecule has 3 heterocycles. The Bertz CT molecular complexity index is 1050. The molecule has 25 heavy (non-hydrogen) atoms. The summed E-state index contributed by atoms with van der Waals surface area (Å²) < 4.78 is 4.19. The van der Waals surface area contributed by atoms with Crippen LogP contribution in [0.15, 0.2) is 51.6 Å². The number of hydrogen-bond donors (Lipinski definition) is 1. The number of fused-ring (bicyclic) bond motifs is 1. The molecule has 0 aliphatic heterocycles. The van der Waals surface area contributed by atoms with E-state index in [-0.39, 0.29) is 5.91 Å². The molecule has 0 unspecified atom stereocenters. The molecule has 0 saturated carbocycles. The number of aryl methyl sites for hydroxylation is 1. The van der Waals surface area contributed by atoms with Gasteiger partial charge in [0.1, 0.15) is 5.69 Å². The highest BCUT2D eigenvalue weighted by Crippen LogP contribution is 2.28. The number of carbonyl (C=O) groups is 1. The van der Waals surface area contributed by atoms with Gasteiger partial charge >= 0.3 is 0 Å². The third-order valence-corrected chi connectivity index (χ3v) is 6.08. The fraction of sp³-hybridized carbons (Fsp3) is 0.111. The van der Waals surface area contributed by atoms with Gasteiger partial charge in [0.2, 0.25) is 0 Å². The summed E-state index contributed by atoms with van der Waals surface area (Å²) in [5.41, 5.74) is 3.66. The van der Waals surface area contributed by atoms with E-state index >= 15 is 0 Å². The van der Waals surface area contributed by atoms with Crippen LogP contribution in [0.25, 0.3) is 21.5 Å². The van der Waals surface area contributed by atoms with Gasteiger partial charge in [0, 0.05) is 22.0 Å². The van der Waals surface area contributed by atoms with E-state index in [0.717, 1.165) is 32.5 Å². The molecule has 4 nitrogen and oxygen atoms in total. The predicted molar refractivity (Wildman–Crippen MR) is 109 cm³/mol. The lowest BCUT2D eigenvalue weighted by molar-refractivity contribution is 0.101. The minimum Gasteiger partial charge on any atom is -0.336 e. The maximum absolute atomic E-state index is 12.7. The maximum Gasteiger partial charge on any atom is 0.274 e. The number of aromatic nitrogens is 2. The van der Waals surface area contributed by atoms with Crippen molar-refractivity contribution in [3.63, 3.8) is 0 Å². The second-order valence-electron chi connectivity index (χ2n) is 5.44. The summed E-state index contributed by atoms with van der Waals surface area (Å²) in [4.78, 5) is 17.2. The van der Waals surface area contributed by atoms with E-state index in [1.807, 2.05) is 52.6 Å². The van der Waals surface area contributed by atoms with Crippen molar-refractivity contribution in [1.82, 2.24) is 9.55 Å². The summed E-state index contributed by atoms with van der Waals surface area (Å²) >= 11 is 6.51. The van der Waals surface area contributed by atoms with Gasteiger partial charge in [0.25, 0.3) is 5.91 Å². The normalized spacial score (nSPS) is 11.1. The molecule has 3 aromatic heterocycles. The van der Waals surface area contributed by atoms with Crippen LogP contribution in [0.3, 0.4) is 0 Å². The number of thiazole rings is 1. The smallest absolute Gasteiger partial charge is 0.274 e. The Labute approximate surface area is 161 Å². The molecular weight excluding hydrogens is 418 g/mol. The summed E-state index contributed by atoms with van der Waals surface area (Å²) in [7, 11) is 0. The van der Waals surface area contributed by atoms with Gasteiger partial charge < -0.3 is 4.57 Å². The average molecular weight is 432 g/mol. The molecule has 0 bridgehead atoms. The highest BCUT2D eigenvalue weighted by Gasteiger charge is 2.17. The number of anilines is 1. The van der Waals surface area contributed by atoms with Crippen molar-refractivity contribution < 1.29 is 4.79 Å². The van der Waals surface area contributed by atoms with E-state index in [0.29, 0.717) is 10.8 Å². The Morgan fingerprint density at radius 3 is 2.80 bits per heavy atom. The van der Waals surface area contributed by atoms with Crippen LogP contribution in [0.2, 0.25) is 0 Å². The first kappa shape index (κ1) is 16.5. The lowest BCUT2D eigenvalue weighted by atomic mass is 10.2. The third-order valence-electron chi connectivity index (χ3n) is 3.94. The van der Waals surface area contributed by atoms with Gasteiger partial charge in [-0.1, -0.05) is 28.1 Å². The number of halogens is 1. The summed E-state index contributed by atoms with van der Waals surface area (Å²) in [6.07, 6.45) is 0. The molecule has 1 N–H and O–H groups in total. The van der Waals surface area contributed by atoms with Crippen molar-refractivity contribution in [2.75, 3.05) is 5.32 Å². The van der Waals surface area contributed by atoms with Crippen LogP contribution in [-0.2, 0) is 6.54 Å². The van der Waals surface area contributed by atoms with Gasteiger partial charge in [0.15, 0.2) is 5.13 Å². The zero-order valence-electron chi connectivity index (χ0n) is 13.3. The van der Waals surface area contributed by atoms with Gasteiger partial charge in [-0.3, -0.25) is 10.1 Å². The Kier molecular flexibility index (Phi) is 4.45. The first-order valence-corrected chi connectivity index (χ1v) is 10.3. The van der Waals surface area contributed by atoms with Crippen LogP contribution in [0.4, 0.5) is 5.13 Å². The second-order valence-corrected chi connectivity index (χ2v) is 8.16. The van der Waals surface area contributed by atoms with Crippen LogP contribution >= 0.6 is 38.6 Å². The molecule has 126 valence electrons. The monoisotopic (exact) mass is 431 g/mol. The number of thiophene rings is 1. The molecule has 1 amide bonds. The molecule has 0 spiro atoms. The average Bonchev–Trinajstić information content (AvgIpc) is 3.30. The SMILES string of the molecule is CCn1c(C(=O)Nc2nc(-c3ccc(Br)cc3)cs2)cc2sccc21. The lowest BCUT2D eigenvalue weighted by Crippen LogP contribution is -2.16. The Hall–Kier alpha value is -1.96. The van der Waals surface area contributed by atoms with Crippen molar-refractivity contribution in [3.05, 3.63) is 57.3 Å². The molecule has 0 aliphatic carbocycles. The van der Waals surface area contributed by atoms with Crippen molar-refractivity contribution >= 4 is 59.9 Å². The quantitative estimate of drug-likeness (QED) is 0.439. The Morgan fingerprint density at radius 1 is 1.24 bits per heavy atom. The summed E-state index contributed by atoms with van der Waals surface area (Å²) in [5.74, 6) is -0.123. The van der Waals surface area contributed by atoms with Crippen LogP contribution in [0, 0.1) is 0 Å². The lowest BCUT2D eigenvalue weighted by Gasteiger charge is -2.06. The number of hydrogen-bond acceptors (Lipinski definition) is 4. The third kappa shape index (κ3) is 3.15. The Morgan fingerprint density at radius 2 is 2.04 bits per heavy atom. The standard InChI is InChI=1S/C18H14BrN3OS2/c1-2-22-14-7-8-24-16(14)9-15(22)17(23)21-18-20-13(10-25-18)11-3-5-12(19)6-4-11/h3-10H,2H2,1H3,(H,20,21,23). The van der Waals surface area contributed by atoms with Crippen LogP contribution in [0.1, 0.15) is 17.4 Å². The number of amides is 1. The molecule has 4 rings (SSSR count). The highest BCUT2D eigenvalue weighted by atomic mass is 79.9. The second kappa shape index (κ2) is 6.74. The van der Waals surface area contributed by atoms with Crippen molar-refractivity contribution in [2.45, 2.75) is 13.5 Å². The van der Waals surface area contributed by atoms with Crippen LogP contribution in [-0.4, -0.2) is 15.5 Å². The molecule has 0 atom stereocenters. The van der Waals surface area contributed by atoms with E-state index in [9.17, 15) is 4.79 Å². The summed E-state index contributed by atoms with van der Waals surface area (Å²) in [6, 6.07) is 12.0. The molecule has 1 aromatic carbocycles. The van der Waals surface area contributed by atoms with Crippen molar-refractivity contribution in [1.29, 1.82) is 0 Å². The minimum atomic E-state index is -0.123. The summed E-state index contributed by atoms with van der Waals surface area (Å²) in [5, 5.41) is 7.53. The van der Waals surface area contributed by atoms with E-state index < -0.39 is 0 Å². The van der Waals surface area contributed by atoms with Gasteiger partial charge in [-0.2, -0.15) is 0 Å². The zero-order valence-corrected chi connectivity index (χ0v) is 16.5. The van der Waals surface area contributed by atoms with Gasteiger partial charge in [-0.05, 0) is 36.6 Å². The Balaban J connectivity index is 1.58. The van der Waals surface area contributed by atoms with Crippen LogP contribution in [0.5, 0.6) is 0 Å². The van der Waals surface area contributed by atoms with E-state index in [1.165, 1.54) is 11.3 Å². The molecule has 0 aliphatic rings. The molecule has 7 heteroatoms. The first-order chi connectivity index (χ1) is 12.2. The van der Waals surface area contributed by atoms with Crippen molar-refractivity contribution in [3.8, 4) is 11.3 Å². The van der Waals surface area contributed by atoms with Crippen LogP contribution < -0.4 is 5.32 Å². The van der Waals surface area contributed by atoms with Gasteiger partial charge in [-0.15, -0.1) is 22.7 Å². The van der Waals surface area contributed by atoms with E-state index in [4.69, 9.17) is 0 Å². The van der Waals surface area contributed by atoms with Gasteiger partial charge in [-0.25, -0.2) is 4.98 Å². The van der Waals surface area contributed by atoms with Gasteiger partial charge in [0.05, 0.1) is 15.9 Å². The topological polar surface area (TPSA) is 46.9 Å². The zero-order chi connectivity index (χ0) is 17.4. The largest absolute Gasteiger partial charge is 0.336 e. The van der Waals surface area contributed by atoms with Crippen molar-refractivity contribution in [2.24, 2.45) is 0 Å². The predicted octanol–water partition coefficient (Wildman–Crippen LogP) is 5.86. The van der Waals surface area contributed by atoms with E-state index in [2.05, 4.69) is 32.3 Å². The highest BCUT2D eigenvalue weighted by molar-refractivity contribution is 9.10. The molecule has 0 fully saturated rings. The molecule has 4 aromatic rings. The fourth-order valence-corrected chi connectivity index (χ4v) is 4.55. The fourth-order valence-electron chi connectivity index (χ4n) is 2.75. The molecule has 0 radical (unpaired) electrons. The first-order valence-electron chi connectivity index (χ1n) is 7.75. The number of benzene rings is 1. The maximum atomic E-state index is 12.7.